The van der Waals surface area contributed by atoms with Crippen molar-refractivity contribution in [3.05, 3.63) is 28.5 Å². The highest BCUT2D eigenvalue weighted by atomic mass is 32.1. The molecular weight excluding hydrogens is 519 g/mol. The maximum absolute atomic E-state index is 14.3. The van der Waals surface area contributed by atoms with Crippen LogP contribution in [-0.2, 0) is 6.18 Å². The number of rotatable bonds is 9. The van der Waals surface area contributed by atoms with Crippen LogP contribution in [0.25, 0.3) is 10.4 Å². The van der Waals surface area contributed by atoms with Crippen molar-refractivity contribution >= 4 is 29.0 Å². The molecule has 2 amide bonds. The predicted molar refractivity (Wildman–Crippen MR) is 139 cm³/mol. The van der Waals surface area contributed by atoms with Gasteiger partial charge in [-0.05, 0) is 64.9 Å². The van der Waals surface area contributed by atoms with E-state index >= 15 is 0 Å². The van der Waals surface area contributed by atoms with Gasteiger partial charge >= 0.3 is 6.18 Å². The Bertz CT molecular complexity index is 1190. The molecule has 0 bridgehead atoms. The molecule has 0 aromatic carbocycles. The molecule has 8 nitrogen and oxygen atoms in total. The quantitative estimate of drug-likeness (QED) is 0.406. The number of hydrogen-bond donors (Lipinski definition) is 3. The number of hydrogen-bond acceptors (Lipinski definition) is 7. The van der Waals surface area contributed by atoms with Gasteiger partial charge in [0, 0.05) is 36.9 Å². The molecule has 208 valence electrons. The van der Waals surface area contributed by atoms with Gasteiger partial charge in [0.15, 0.2) is 5.01 Å². The van der Waals surface area contributed by atoms with Crippen molar-refractivity contribution < 1.29 is 27.9 Å². The zero-order valence-corrected chi connectivity index (χ0v) is 22.8. The van der Waals surface area contributed by atoms with Gasteiger partial charge in [-0.3, -0.25) is 9.59 Å². The number of anilines is 1. The summed E-state index contributed by atoms with van der Waals surface area (Å²) >= 11 is 0.716. The highest BCUT2D eigenvalue weighted by Crippen LogP contribution is 2.42. The molecule has 2 aromatic rings. The minimum absolute atomic E-state index is 0.0395. The Morgan fingerprint density at radius 1 is 1.26 bits per heavy atom. The minimum atomic E-state index is -4.73. The van der Waals surface area contributed by atoms with Gasteiger partial charge in [-0.15, -0.1) is 11.3 Å². The molecule has 2 aliphatic rings. The average molecular weight is 554 g/mol. The molecule has 1 saturated heterocycles. The zero-order valence-electron chi connectivity index (χ0n) is 22.0. The maximum Gasteiger partial charge on any atom is 0.417 e. The van der Waals surface area contributed by atoms with Gasteiger partial charge in [0.2, 0.25) is 0 Å². The summed E-state index contributed by atoms with van der Waals surface area (Å²) in [7, 11) is 0. The summed E-state index contributed by atoms with van der Waals surface area (Å²) in [6.07, 6.45) is 0.774. The molecule has 2 fully saturated rings. The van der Waals surface area contributed by atoms with Gasteiger partial charge in [-0.1, -0.05) is 6.92 Å². The molecule has 3 N–H and O–H groups in total. The molecule has 1 aliphatic heterocycles. The third kappa shape index (κ3) is 6.45. The van der Waals surface area contributed by atoms with Gasteiger partial charge in [-0.2, -0.15) is 13.2 Å². The lowest BCUT2D eigenvalue weighted by molar-refractivity contribution is -0.137. The van der Waals surface area contributed by atoms with E-state index in [9.17, 15) is 27.9 Å². The van der Waals surface area contributed by atoms with E-state index in [1.54, 1.807) is 4.90 Å². The van der Waals surface area contributed by atoms with Crippen molar-refractivity contribution in [2.45, 2.75) is 83.7 Å². The van der Waals surface area contributed by atoms with Crippen LogP contribution in [0, 0.1) is 5.92 Å². The van der Waals surface area contributed by atoms with Crippen LogP contribution in [0.15, 0.2) is 12.3 Å². The SMILES string of the molecule is CCC(Nc1cc(C(F)(F)F)c(-c2sc(C(=O)NCC(C)(C)O)nc2C(=O)N2CCC[C@@H]2C)cn1)C1CC1. The molecular formula is C26H34F3N5O3S. The Labute approximate surface area is 224 Å². The molecule has 4 rings (SSSR count). The van der Waals surface area contributed by atoms with Crippen LogP contribution >= 0.6 is 11.3 Å². The molecule has 2 aromatic heterocycles. The van der Waals surface area contributed by atoms with Crippen LogP contribution < -0.4 is 10.6 Å². The van der Waals surface area contributed by atoms with Crippen LogP contribution in [-0.4, -0.2) is 62.6 Å². The van der Waals surface area contributed by atoms with Crippen LogP contribution in [0.4, 0.5) is 19.0 Å². The number of halogens is 3. The van der Waals surface area contributed by atoms with Crippen molar-refractivity contribution in [3.8, 4) is 10.4 Å². The van der Waals surface area contributed by atoms with E-state index in [4.69, 9.17) is 0 Å². The average Bonchev–Trinajstić information content (AvgIpc) is 3.44. The maximum atomic E-state index is 14.3. The largest absolute Gasteiger partial charge is 0.417 e. The van der Waals surface area contributed by atoms with E-state index in [-0.39, 0.29) is 45.6 Å². The van der Waals surface area contributed by atoms with Crippen molar-refractivity contribution in [2.75, 3.05) is 18.4 Å². The first-order valence-electron chi connectivity index (χ1n) is 12.9. The number of thiazole rings is 1. The third-order valence-electron chi connectivity index (χ3n) is 6.94. The number of nitrogens with zero attached hydrogens (tertiary/aromatic N) is 3. The van der Waals surface area contributed by atoms with E-state index in [0.717, 1.165) is 44.4 Å². The summed E-state index contributed by atoms with van der Waals surface area (Å²) in [5, 5.41) is 15.5. The highest BCUT2D eigenvalue weighted by molar-refractivity contribution is 7.17. The number of nitrogens with one attached hydrogen (secondary N) is 2. The molecule has 3 heterocycles. The van der Waals surface area contributed by atoms with Gasteiger partial charge in [0.25, 0.3) is 11.8 Å². The molecule has 0 radical (unpaired) electrons. The number of carbonyl (C=O) groups is 2. The van der Waals surface area contributed by atoms with Gasteiger partial charge in [0.05, 0.1) is 16.0 Å². The number of alkyl halides is 3. The van der Waals surface area contributed by atoms with Gasteiger partial charge in [0.1, 0.15) is 11.5 Å². The number of pyridine rings is 1. The lowest BCUT2D eigenvalue weighted by Gasteiger charge is -2.22. The molecule has 12 heteroatoms. The molecule has 38 heavy (non-hydrogen) atoms. The Balaban J connectivity index is 1.76. The number of aliphatic hydroxyl groups is 1. The van der Waals surface area contributed by atoms with Crippen molar-refractivity contribution in [1.29, 1.82) is 0 Å². The van der Waals surface area contributed by atoms with Crippen LogP contribution in [0.2, 0.25) is 0 Å². The zero-order chi connectivity index (χ0) is 27.8. The third-order valence-corrected chi connectivity index (χ3v) is 8.02. The number of carbonyl (C=O) groups excluding carboxylic acids is 2. The van der Waals surface area contributed by atoms with Crippen LogP contribution in [0.3, 0.4) is 0 Å². The second kappa shape index (κ2) is 10.8. The number of aromatic nitrogens is 2. The molecule has 1 aliphatic carbocycles. The van der Waals surface area contributed by atoms with Crippen molar-refractivity contribution in [2.24, 2.45) is 5.92 Å². The topological polar surface area (TPSA) is 107 Å². The lowest BCUT2D eigenvalue weighted by atomic mass is 10.1. The van der Waals surface area contributed by atoms with Crippen LogP contribution in [0.5, 0.6) is 0 Å². The summed E-state index contributed by atoms with van der Waals surface area (Å²) < 4.78 is 43.0. The summed E-state index contributed by atoms with van der Waals surface area (Å²) in [6, 6.07) is 0.920. The Morgan fingerprint density at radius 3 is 2.53 bits per heavy atom. The summed E-state index contributed by atoms with van der Waals surface area (Å²) in [4.78, 5) is 36.3. The van der Waals surface area contributed by atoms with E-state index in [1.165, 1.54) is 13.8 Å². The molecule has 0 spiro atoms. The van der Waals surface area contributed by atoms with E-state index in [0.29, 0.717) is 23.8 Å². The van der Waals surface area contributed by atoms with Gasteiger partial charge < -0.3 is 20.6 Å². The molecule has 1 saturated carbocycles. The molecule has 1 unspecified atom stereocenters. The first-order valence-corrected chi connectivity index (χ1v) is 13.8. The Kier molecular flexibility index (Phi) is 8.04. The Hall–Kier alpha value is -2.73. The summed E-state index contributed by atoms with van der Waals surface area (Å²) in [6.45, 7) is 7.24. The smallest absolute Gasteiger partial charge is 0.389 e. The van der Waals surface area contributed by atoms with Crippen molar-refractivity contribution in [1.82, 2.24) is 20.2 Å². The molecule has 2 atom stereocenters. The monoisotopic (exact) mass is 553 g/mol. The fourth-order valence-corrected chi connectivity index (χ4v) is 5.68. The standard InChI is InChI=1S/C26H34F3N5O3S/c1-5-18(15-8-9-15)32-19-11-17(26(27,28)29)16(12-30-19)21-20(24(36)34-10-6-7-14(34)2)33-23(38-21)22(35)31-13-25(3,4)37/h11-12,14-15,18,37H,5-10,13H2,1-4H3,(H,30,32)(H,31,35)/t14-,18?/m0/s1. The van der Waals surface area contributed by atoms with E-state index in [1.807, 2.05) is 13.8 Å². The predicted octanol–water partition coefficient (Wildman–Crippen LogP) is 4.95. The van der Waals surface area contributed by atoms with E-state index < -0.39 is 29.2 Å². The Morgan fingerprint density at radius 2 is 1.97 bits per heavy atom. The minimum Gasteiger partial charge on any atom is -0.389 e. The van der Waals surface area contributed by atoms with Crippen molar-refractivity contribution in [3.63, 3.8) is 0 Å². The fraction of sp³-hybridized carbons (Fsp3) is 0.615. The normalized spacial score (nSPS) is 18.9. The first-order chi connectivity index (χ1) is 17.8. The number of likely N-dealkylation sites (tertiary alicyclic amines) is 1. The summed E-state index contributed by atoms with van der Waals surface area (Å²) in [5.74, 6) is -0.651. The fourth-order valence-electron chi connectivity index (χ4n) is 4.68. The highest BCUT2D eigenvalue weighted by Gasteiger charge is 2.39. The summed E-state index contributed by atoms with van der Waals surface area (Å²) in [5.41, 5.74) is -2.64. The lowest BCUT2D eigenvalue weighted by Crippen LogP contribution is -2.38. The second-order valence-corrected chi connectivity index (χ2v) is 11.8. The first kappa shape index (κ1) is 28.3. The number of amides is 2. The van der Waals surface area contributed by atoms with Crippen LogP contribution in [0.1, 0.15) is 85.7 Å². The second-order valence-electron chi connectivity index (χ2n) is 10.8. The van der Waals surface area contributed by atoms with E-state index in [2.05, 4.69) is 20.6 Å². The van der Waals surface area contributed by atoms with Gasteiger partial charge in [-0.25, -0.2) is 9.97 Å².